The van der Waals surface area contributed by atoms with Crippen LogP contribution in [0.1, 0.15) is 13.3 Å². The van der Waals surface area contributed by atoms with Gasteiger partial charge in [0, 0.05) is 20.6 Å². The number of amides is 2. The monoisotopic (exact) mass is 199 g/mol. The van der Waals surface area contributed by atoms with Gasteiger partial charge in [-0.3, -0.25) is 9.59 Å². The molecule has 1 rings (SSSR count). The first-order valence-corrected chi connectivity index (χ1v) is 4.78. The van der Waals surface area contributed by atoms with Crippen molar-refractivity contribution in [3.63, 3.8) is 0 Å². The van der Waals surface area contributed by atoms with Crippen LogP contribution in [0.5, 0.6) is 0 Å². The third kappa shape index (κ3) is 1.48. The molecule has 80 valence electrons. The van der Waals surface area contributed by atoms with Gasteiger partial charge in [0.05, 0.1) is 0 Å². The van der Waals surface area contributed by atoms with Crippen LogP contribution in [0.25, 0.3) is 0 Å². The van der Waals surface area contributed by atoms with Gasteiger partial charge in [-0.25, -0.2) is 0 Å². The summed E-state index contributed by atoms with van der Waals surface area (Å²) in [5, 5.41) is 0. The molecule has 1 heterocycles. The molecule has 1 saturated heterocycles. The molecule has 0 radical (unpaired) electrons. The van der Waals surface area contributed by atoms with Gasteiger partial charge in [0.1, 0.15) is 12.1 Å². The molecule has 5 heteroatoms. The highest BCUT2D eigenvalue weighted by molar-refractivity contribution is 5.96. The summed E-state index contributed by atoms with van der Waals surface area (Å²) in [6.07, 6.45) is 0.642. The number of nitrogens with zero attached hydrogens (tertiary/aromatic N) is 2. The SMILES string of the molecule is CCC1C(=O)N(C)C(CN)C(=O)N1C. The second-order valence-electron chi connectivity index (χ2n) is 3.57. The van der Waals surface area contributed by atoms with E-state index in [9.17, 15) is 9.59 Å². The Balaban J connectivity index is 2.93. The average molecular weight is 199 g/mol. The summed E-state index contributed by atoms with van der Waals surface area (Å²) in [4.78, 5) is 26.4. The number of hydrogen-bond donors (Lipinski definition) is 1. The fraction of sp³-hybridized carbons (Fsp3) is 0.778. The molecule has 0 aromatic rings. The Morgan fingerprint density at radius 3 is 2.00 bits per heavy atom. The molecule has 2 atom stereocenters. The van der Waals surface area contributed by atoms with E-state index in [0.29, 0.717) is 6.42 Å². The summed E-state index contributed by atoms with van der Waals surface area (Å²) < 4.78 is 0. The lowest BCUT2D eigenvalue weighted by Gasteiger charge is -2.41. The average Bonchev–Trinajstić information content (AvgIpc) is 2.17. The van der Waals surface area contributed by atoms with Crippen molar-refractivity contribution in [3.8, 4) is 0 Å². The zero-order chi connectivity index (χ0) is 10.9. The molecule has 5 nitrogen and oxygen atoms in total. The van der Waals surface area contributed by atoms with Crippen LogP contribution in [0.4, 0.5) is 0 Å². The molecule has 1 fully saturated rings. The van der Waals surface area contributed by atoms with Crippen molar-refractivity contribution in [1.82, 2.24) is 9.80 Å². The maximum Gasteiger partial charge on any atom is 0.247 e. The van der Waals surface area contributed by atoms with E-state index in [2.05, 4.69) is 0 Å². The Hall–Kier alpha value is -1.10. The van der Waals surface area contributed by atoms with Gasteiger partial charge in [-0.1, -0.05) is 6.92 Å². The molecule has 2 amide bonds. The minimum absolute atomic E-state index is 0.0231. The summed E-state index contributed by atoms with van der Waals surface area (Å²) in [6, 6.07) is -0.814. The minimum Gasteiger partial charge on any atom is -0.332 e. The second kappa shape index (κ2) is 3.96. The lowest BCUT2D eigenvalue weighted by molar-refractivity contribution is -0.158. The molecular weight excluding hydrogens is 182 g/mol. The van der Waals surface area contributed by atoms with Crippen molar-refractivity contribution in [3.05, 3.63) is 0 Å². The largest absolute Gasteiger partial charge is 0.332 e. The summed E-state index contributed by atoms with van der Waals surface area (Å²) in [5.74, 6) is -0.0912. The zero-order valence-electron chi connectivity index (χ0n) is 8.86. The molecule has 0 aliphatic carbocycles. The standard InChI is InChI=1S/C9H17N3O2/c1-4-6-8(13)12(3)7(5-10)9(14)11(6)2/h6-7H,4-5,10H2,1-3H3. The number of nitrogens with two attached hydrogens (primary N) is 1. The van der Waals surface area contributed by atoms with E-state index in [1.807, 2.05) is 6.92 Å². The quantitative estimate of drug-likeness (QED) is 0.622. The molecule has 2 unspecified atom stereocenters. The molecule has 1 aliphatic heterocycles. The number of piperazine rings is 1. The lowest BCUT2D eigenvalue weighted by Crippen LogP contribution is -2.64. The van der Waals surface area contributed by atoms with Crippen LogP contribution in [0.15, 0.2) is 0 Å². The molecule has 1 aliphatic rings. The normalized spacial score (nSPS) is 28.6. The Kier molecular flexibility index (Phi) is 3.10. The molecule has 0 spiro atoms. The van der Waals surface area contributed by atoms with E-state index < -0.39 is 6.04 Å². The Morgan fingerprint density at radius 2 is 1.57 bits per heavy atom. The molecule has 2 N–H and O–H groups in total. The predicted molar refractivity (Wildman–Crippen MR) is 52.5 cm³/mol. The van der Waals surface area contributed by atoms with Crippen molar-refractivity contribution in [2.75, 3.05) is 20.6 Å². The number of carbonyl (C=O) groups is 2. The van der Waals surface area contributed by atoms with E-state index in [1.165, 1.54) is 9.80 Å². The molecule has 14 heavy (non-hydrogen) atoms. The van der Waals surface area contributed by atoms with Gasteiger partial charge in [-0.05, 0) is 6.42 Å². The molecule has 0 bridgehead atoms. The fourth-order valence-electron chi connectivity index (χ4n) is 1.82. The summed E-state index contributed by atoms with van der Waals surface area (Å²) >= 11 is 0. The first-order valence-electron chi connectivity index (χ1n) is 4.78. The lowest BCUT2D eigenvalue weighted by atomic mass is 10.0. The van der Waals surface area contributed by atoms with Crippen LogP contribution in [-0.2, 0) is 9.59 Å². The van der Waals surface area contributed by atoms with E-state index >= 15 is 0 Å². The third-order valence-corrected chi connectivity index (χ3v) is 2.81. The topological polar surface area (TPSA) is 66.6 Å². The summed E-state index contributed by atoms with van der Waals surface area (Å²) in [7, 11) is 3.29. The summed E-state index contributed by atoms with van der Waals surface area (Å²) in [5.41, 5.74) is 5.45. The molecule has 0 saturated carbocycles. The van der Waals surface area contributed by atoms with Crippen molar-refractivity contribution >= 4 is 11.8 Å². The molecular formula is C9H17N3O2. The maximum absolute atomic E-state index is 11.8. The molecule has 0 aromatic carbocycles. The first-order chi connectivity index (χ1) is 6.54. The van der Waals surface area contributed by atoms with Gasteiger partial charge in [-0.15, -0.1) is 0 Å². The van der Waals surface area contributed by atoms with Crippen molar-refractivity contribution in [1.29, 1.82) is 0 Å². The number of likely N-dealkylation sites (N-methyl/N-ethyl adjacent to an activating group) is 2. The maximum atomic E-state index is 11.8. The minimum atomic E-state index is -0.490. The van der Waals surface area contributed by atoms with Gasteiger partial charge in [-0.2, -0.15) is 0 Å². The van der Waals surface area contributed by atoms with Gasteiger partial charge in [0.15, 0.2) is 0 Å². The van der Waals surface area contributed by atoms with Crippen LogP contribution in [0.3, 0.4) is 0 Å². The number of hydrogen-bond acceptors (Lipinski definition) is 3. The third-order valence-electron chi connectivity index (χ3n) is 2.81. The van der Waals surface area contributed by atoms with E-state index in [4.69, 9.17) is 5.73 Å². The van der Waals surface area contributed by atoms with Crippen LogP contribution >= 0.6 is 0 Å². The van der Waals surface area contributed by atoms with Crippen LogP contribution in [0.2, 0.25) is 0 Å². The molecule has 0 aromatic heterocycles. The van der Waals surface area contributed by atoms with Crippen molar-refractivity contribution < 1.29 is 9.59 Å². The summed E-state index contributed by atoms with van der Waals surface area (Å²) in [6.45, 7) is 2.07. The fourth-order valence-corrected chi connectivity index (χ4v) is 1.82. The Morgan fingerprint density at radius 1 is 1.14 bits per heavy atom. The van der Waals surface area contributed by atoms with Crippen LogP contribution < -0.4 is 5.73 Å². The number of rotatable bonds is 2. The van der Waals surface area contributed by atoms with E-state index in [-0.39, 0.29) is 24.4 Å². The van der Waals surface area contributed by atoms with Gasteiger partial charge < -0.3 is 15.5 Å². The zero-order valence-corrected chi connectivity index (χ0v) is 8.86. The van der Waals surface area contributed by atoms with Crippen molar-refractivity contribution in [2.24, 2.45) is 5.73 Å². The van der Waals surface area contributed by atoms with Gasteiger partial charge in [0.2, 0.25) is 11.8 Å². The van der Waals surface area contributed by atoms with Crippen LogP contribution in [0, 0.1) is 0 Å². The smallest absolute Gasteiger partial charge is 0.247 e. The highest BCUT2D eigenvalue weighted by Gasteiger charge is 2.40. The second-order valence-corrected chi connectivity index (χ2v) is 3.57. The van der Waals surface area contributed by atoms with Crippen LogP contribution in [-0.4, -0.2) is 54.3 Å². The van der Waals surface area contributed by atoms with Gasteiger partial charge in [0.25, 0.3) is 0 Å². The predicted octanol–water partition coefficient (Wildman–Crippen LogP) is -0.977. The first kappa shape index (κ1) is 11.0. The number of carbonyl (C=O) groups excluding carboxylic acids is 2. The van der Waals surface area contributed by atoms with Gasteiger partial charge >= 0.3 is 0 Å². The van der Waals surface area contributed by atoms with E-state index in [1.54, 1.807) is 14.1 Å². The Labute approximate surface area is 83.8 Å². The highest BCUT2D eigenvalue weighted by atomic mass is 16.2. The highest BCUT2D eigenvalue weighted by Crippen LogP contribution is 2.16. The Bertz CT molecular complexity index is 228. The van der Waals surface area contributed by atoms with E-state index in [0.717, 1.165) is 0 Å². The van der Waals surface area contributed by atoms with Crippen molar-refractivity contribution in [2.45, 2.75) is 25.4 Å².